The molecule has 7 nitrogen and oxygen atoms in total. The second-order valence-corrected chi connectivity index (χ2v) is 4.45. The number of aryl methyl sites for hydroxylation is 2. The molecule has 20 heavy (non-hydrogen) atoms. The van der Waals surface area contributed by atoms with Crippen LogP contribution >= 0.6 is 0 Å². The van der Waals surface area contributed by atoms with Crippen molar-refractivity contribution in [2.45, 2.75) is 26.3 Å². The van der Waals surface area contributed by atoms with Crippen molar-refractivity contribution in [3.05, 3.63) is 33.4 Å². The molecule has 0 amide bonds. The number of esters is 1. The maximum atomic E-state index is 11.1. The van der Waals surface area contributed by atoms with Gasteiger partial charge in [0.1, 0.15) is 6.04 Å². The van der Waals surface area contributed by atoms with Gasteiger partial charge in [-0.2, -0.15) is 0 Å². The fourth-order valence-electron chi connectivity index (χ4n) is 1.81. The highest BCUT2D eigenvalue weighted by molar-refractivity contribution is 5.75. The lowest BCUT2D eigenvalue weighted by Gasteiger charge is -2.12. The van der Waals surface area contributed by atoms with Crippen LogP contribution in [0.5, 0.6) is 5.75 Å². The molecule has 1 aromatic carbocycles. The molecule has 110 valence electrons. The van der Waals surface area contributed by atoms with Crippen molar-refractivity contribution in [1.82, 2.24) is 0 Å². The van der Waals surface area contributed by atoms with Gasteiger partial charge in [0.05, 0.1) is 18.6 Å². The van der Waals surface area contributed by atoms with Crippen molar-refractivity contribution < 1.29 is 19.2 Å². The highest BCUT2D eigenvalue weighted by Crippen LogP contribution is 2.32. The Morgan fingerprint density at radius 1 is 1.45 bits per heavy atom. The number of hydrogen-bond donors (Lipinski definition) is 1. The van der Waals surface area contributed by atoms with Gasteiger partial charge in [0.15, 0.2) is 5.75 Å². The normalized spacial score (nSPS) is 11.8. The van der Waals surface area contributed by atoms with Gasteiger partial charge in [-0.1, -0.05) is 6.07 Å². The van der Waals surface area contributed by atoms with Crippen molar-refractivity contribution in [2.24, 2.45) is 5.73 Å². The van der Waals surface area contributed by atoms with E-state index in [2.05, 4.69) is 4.74 Å². The molecule has 0 radical (unpaired) electrons. The van der Waals surface area contributed by atoms with E-state index < -0.39 is 16.9 Å². The van der Waals surface area contributed by atoms with Crippen LogP contribution in [0.15, 0.2) is 12.1 Å². The Kier molecular flexibility index (Phi) is 5.45. The molecule has 0 saturated carbocycles. The van der Waals surface area contributed by atoms with Crippen LogP contribution in [-0.2, 0) is 9.53 Å². The Morgan fingerprint density at radius 3 is 2.65 bits per heavy atom. The molecule has 1 rings (SSSR count). The fourth-order valence-corrected chi connectivity index (χ4v) is 1.81. The summed E-state index contributed by atoms with van der Waals surface area (Å²) >= 11 is 0. The molecule has 0 bridgehead atoms. The predicted octanol–water partition coefficient (Wildman–Crippen LogP) is 1.48. The topological polar surface area (TPSA) is 105 Å². The largest absolute Gasteiger partial charge is 0.487 e. The van der Waals surface area contributed by atoms with Gasteiger partial charge in [0.2, 0.25) is 0 Å². The monoisotopic (exact) mass is 282 g/mol. The van der Waals surface area contributed by atoms with E-state index in [0.29, 0.717) is 5.56 Å². The van der Waals surface area contributed by atoms with Crippen molar-refractivity contribution in [2.75, 3.05) is 13.7 Å². The molecule has 1 aromatic rings. The molecule has 0 saturated heterocycles. The van der Waals surface area contributed by atoms with E-state index in [9.17, 15) is 14.9 Å². The molecule has 0 fully saturated rings. The van der Waals surface area contributed by atoms with Crippen LogP contribution in [0.4, 0.5) is 5.69 Å². The van der Waals surface area contributed by atoms with Crippen molar-refractivity contribution in [1.29, 1.82) is 0 Å². The lowest BCUT2D eigenvalue weighted by Crippen LogP contribution is -2.33. The van der Waals surface area contributed by atoms with Crippen LogP contribution in [0.2, 0.25) is 0 Å². The zero-order valence-corrected chi connectivity index (χ0v) is 11.7. The van der Waals surface area contributed by atoms with Crippen LogP contribution in [0, 0.1) is 24.0 Å². The van der Waals surface area contributed by atoms with Crippen LogP contribution in [0.25, 0.3) is 0 Å². The average Bonchev–Trinajstić information content (AvgIpc) is 2.39. The Balaban J connectivity index is 2.78. The number of nitrogens with zero attached hydrogens (tertiary/aromatic N) is 1. The Labute approximate surface area is 116 Å². The standard InChI is InChI=1S/C13H18N2O5/c1-8-6-9(2)12(11(7-8)15(17)18)20-5-4-10(14)13(16)19-3/h6-7,10H,4-5,14H2,1-3H3. The minimum absolute atomic E-state index is 0.0888. The summed E-state index contributed by atoms with van der Waals surface area (Å²) in [6.07, 6.45) is 0.219. The summed E-state index contributed by atoms with van der Waals surface area (Å²) in [6, 6.07) is 2.44. The molecular formula is C13H18N2O5. The molecule has 0 aliphatic carbocycles. The molecule has 1 unspecified atom stereocenters. The summed E-state index contributed by atoms with van der Waals surface area (Å²) in [5.41, 5.74) is 6.93. The first-order chi connectivity index (χ1) is 9.36. The number of rotatable bonds is 6. The molecule has 0 aliphatic heterocycles. The second-order valence-electron chi connectivity index (χ2n) is 4.45. The number of benzene rings is 1. The number of nitro groups is 1. The van der Waals surface area contributed by atoms with E-state index >= 15 is 0 Å². The van der Waals surface area contributed by atoms with Gasteiger partial charge in [-0.25, -0.2) is 0 Å². The number of carbonyl (C=O) groups is 1. The van der Waals surface area contributed by atoms with E-state index in [4.69, 9.17) is 10.5 Å². The Bertz CT molecular complexity index is 516. The minimum atomic E-state index is -0.801. The summed E-state index contributed by atoms with van der Waals surface area (Å²) in [7, 11) is 1.25. The Morgan fingerprint density at radius 2 is 2.10 bits per heavy atom. The SMILES string of the molecule is COC(=O)C(N)CCOc1c(C)cc(C)cc1[N+](=O)[O-]. The molecule has 1 atom stereocenters. The van der Waals surface area contributed by atoms with E-state index in [1.165, 1.54) is 13.2 Å². The molecule has 0 heterocycles. The van der Waals surface area contributed by atoms with E-state index in [1.807, 2.05) is 0 Å². The maximum absolute atomic E-state index is 11.1. The summed E-state index contributed by atoms with van der Waals surface area (Å²) in [4.78, 5) is 21.6. The Hall–Kier alpha value is -2.15. The number of methoxy groups -OCH3 is 1. The summed E-state index contributed by atoms with van der Waals surface area (Å²) < 4.78 is 9.91. The molecule has 0 spiro atoms. The molecule has 7 heteroatoms. The highest BCUT2D eigenvalue weighted by Gasteiger charge is 2.20. The lowest BCUT2D eigenvalue weighted by molar-refractivity contribution is -0.386. The first kappa shape index (κ1) is 15.9. The van der Waals surface area contributed by atoms with E-state index in [-0.39, 0.29) is 24.5 Å². The zero-order valence-electron chi connectivity index (χ0n) is 11.7. The van der Waals surface area contributed by atoms with Crippen LogP contribution in [-0.4, -0.2) is 30.7 Å². The van der Waals surface area contributed by atoms with Gasteiger partial charge < -0.3 is 15.2 Å². The first-order valence-electron chi connectivity index (χ1n) is 6.08. The van der Waals surface area contributed by atoms with Crippen LogP contribution in [0.3, 0.4) is 0 Å². The third-order valence-electron chi connectivity index (χ3n) is 2.78. The van der Waals surface area contributed by atoms with Gasteiger partial charge >= 0.3 is 11.7 Å². The third-order valence-corrected chi connectivity index (χ3v) is 2.78. The summed E-state index contributed by atoms with van der Waals surface area (Å²) in [5.74, 6) is -0.332. The fraction of sp³-hybridized carbons (Fsp3) is 0.462. The highest BCUT2D eigenvalue weighted by atomic mass is 16.6. The number of ether oxygens (including phenoxy) is 2. The van der Waals surface area contributed by atoms with E-state index in [1.54, 1.807) is 19.9 Å². The first-order valence-corrected chi connectivity index (χ1v) is 6.08. The zero-order chi connectivity index (χ0) is 15.3. The average molecular weight is 282 g/mol. The van der Waals surface area contributed by atoms with Gasteiger partial charge in [-0.15, -0.1) is 0 Å². The van der Waals surface area contributed by atoms with Crippen LogP contribution < -0.4 is 10.5 Å². The number of carbonyl (C=O) groups excluding carboxylic acids is 1. The number of hydrogen-bond acceptors (Lipinski definition) is 6. The lowest BCUT2D eigenvalue weighted by atomic mass is 10.1. The van der Waals surface area contributed by atoms with E-state index in [0.717, 1.165) is 5.56 Å². The summed E-state index contributed by atoms with van der Waals surface area (Å²) in [5, 5.41) is 11.0. The molecule has 0 aliphatic rings. The van der Waals surface area contributed by atoms with Crippen molar-refractivity contribution in [3.63, 3.8) is 0 Å². The van der Waals surface area contributed by atoms with Gasteiger partial charge in [-0.3, -0.25) is 14.9 Å². The quantitative estimate of drug-likeness (QED) is 0.481. The van der Waals surface area contributed by atoms with Gasteiger partial charge in [0.25, 0.3) is 0 Å². The minimum Gasteiger partial charge on any atom is -0.487 e. The number of nitrogens with two attached hydrogens (primary N) is 1. The van der Waals surface area contributed by atoms with Gasteiger partial charge in [-0.05, 0) is 25.0 Å². The maximum Gasteiger partial charge on any atom is 0.322 e. The third kappa shape index (κ3) is 3.92. The molecule has 0 aromatic heterocycles. The summed E-state index contributed by atoms with van der Waals surface area (Å²) in [6.45, 7) is 3.60. The second kappa shape index (κ2) is 6.85. The number of nitro benzene ring substituents is 1. The van der Waals surface area contributed by atoms with Gasteiger partial charge in [0, 0.05) is 12.5 Å². The molecule has 2 N–H and O–H groups in total. The predicted molar refractivity (Wildman–Crippen MR) is 72.7 cm³/mol. The van der Waals surface area contributed by atoms with Crippen LogP contribution in [0.1, 0.15) is 17.5 Å². The van der Waals surface area contributed by atoms with Crippen molar-refractivity contribution >= 4 is 11.7 Å². The van der Waals surface area contributed by atoms with Crippen molar-refractivity contribution in [3.8, 4) is 5.75 Å². The molecular weight excluding hydrogens is 264 g/mol. The smallest absolute Gasteiger partial charge is 0.322 e.